The zero-order chi connectivity index (χ0) is 19.7. The van der Waals surface area contributed by atoms with Crippen molar-refractivity contribution in [3.63, 3.8) is 0 Å². The fourth-order valence-electron chi connectivity index (χ4n) is 3.22. The number of nitrogens with one attached hydrogen (secondary N) is 1. The summed E-state index contributed by atoms with van der Waals surface area (Å²) in [7, 11) is -1.53. The van der Waals surface area contributed by atoms with Crippen molar-refractivity contribution in [3.05, 3.63) is 54.1 Å². The smallest absolute Gasteiger partial charge is 0.261 e. The van der Waals surface area contributed by atoms with E-state index in [1.54, 1.807) is 12.1 Å². The molecule has 2 aromatic rings. The van der Waals surface area contributed by atoms with Crippen molar-refractivity contribution in [3.8, 4) is 0 Å². The van der Waals surface area contributed by atoms with Gasteiger partial charge in [-0.2, -0.15) is 0 Å². The maximum Gasteiger partial charge on any atom is 0.261 e. The van der Waals surface area contributed by atoms with Crippen LogP contribution < -0.4 is 9.62 Å². The third-order valence-corrected chi connectivity index (χ3v) is 6.40. The van der Waals surface area contributed by atoms with Gasteiger partial charge >= 0.3 is 0 Å². The Morgan fingerprint density at radius 2 is 1.48 bits per heavy atom. The number of hydrogen-bond donors (Lipinski definition) is 1. The van der Waals surface area contributed by atoms with Gasteiger partial charge in [-0.1, -0.05) is 45.0 Å². The molecule has 5 nitrogen and oxygen atoms in total. The molecule has 1 fully saturated rings. The second-order valence-corrected chi connectivity index (χ2v) is 9.87. The van der Waals surface area contributed by atoms with Crippen LogP contribution in [0.3, 0.4) is 0 Å². The lowest BCUT2D eigenvalue weighted by Crippen LogP contribution is -2.44. The molecule has 0 bridgehead atoms. The minimum absolute atomic E-state index is 0.0102. The molecule has 0 aliphatic carbocycles. The zero-order valence-corrected chi connectivity index (χ0v) is 17.4. The van der Waals surface area contributed by atoms with Gasteiger partial charge in [0.25, 0.3) is 10.0 Å². The number of piperazine rings is 1. The Bertz CT molecular complexity index is 878. The number of hydrogen-bond acceptors (Lipinski definition) is 4. The Labute approximate surface area is 163 Å². The van der Waals surface area contributed by atoms with E-state index in [0.717, 1.165) is 37.4 Å². The Kier molecular flexibility index (Phi) is 5.49. The summed E-state index contributed by atoms with van der Waals surface area (Å²) in [6.45, 7) is 10.0. The number of anilines is 2. The second-order valence-electron chi connectivity index (χ2n) is 8.19. The van der Waals surface area contributed by atoms with E-state index < -0.39 is 10.0 Å². The van der Waals surface area contributed by atoms with Crippen molar-refractivity contribution in [2.24, 2.45) is 0 Å². The van der Waals surface area contributed by atoms with E-state index in [1.165, 1.54) is 0 Å². The number of sulfonamides is 1. The van der Waals surface area contributed by atoms with Crippen molar-refractivity contribution >= 4 is 21.4 Å². The first-order valence-electron chi connectivity index (χ1n) is 9.33. The molecule has 146 valence electrons. The first kappa shape index (κ1) is 19.7. The monoisotopic (exact) mass is 387 g/mol. The van der Waals surface area contributed by atoms with Crippen molar-refractivity contribution in [2.75, 3.05) is 42.8 Å². The Morgan fingerprint density at radius 1 is 0.889 bits per heavy atom. The highest BCUT2D eigenvalue weighted by molar-refractivity contribution is 7.92. The molecule has 1 aliphatic heterocycles. The fraction of sp³-hybridized carbons (Fsp3) is 0.429. The quantitative estimate of drug-likeness (QED) is 0.872. The number of rotatable bonds is 4. The van der Waals surface area contributed by atoms with Crippen LogP contribution in [-0.2, 0) is 15.4 Å². The topological polar surface area (TPSA) is 52.6 Å². The summed E-state index contributed by atoms with van der Waals surface area (Å²) in [5, 5.41) is 0. The highest BCUT2D eigenvalue weighted by atomic mass is 32.2. The molecule has 6 heteroatoms. The first-order chi connectivity index (χ1) is 12.7. The molecule has 2 aromatic carbocycles. The molecule has 0 aromatic heterocycles. The van der Waals surface area contributed by atoms with Crippen LogP contribution in [0, 0.1) is 0 Å². The highest BCUT2D eigenvalue weighted by Crippen LogP contribution is 2.29. The molecule has 0 unspecified atom stereocenters. The summed E-state index contributed by atoms with van der Waals surface area (Å²) >= 11 is 0. The average Bonchev–Trinajstić information content (AvgIpc) is 2.62. The van der Waals surface area contributed by atoms with Gasteiger partial charge in [0.15, 0.2) is 0 Å². The van der Waals surface area contributed by atoms with E-state index in [4.69, 9.17) is 0 Å². The molecule has 0 amide bonds. The van der Waals surface area contributed by atoms with Crippen molar-refractivity contribution in [2.45, 2.75) is 31.1 Å². The van der Waals surface area contributed by atoms with Gasteiger partial charge in [0.2, 0.25) is 0 Å². The first-order valence-corrected chi connectivity index (χ1v) is 10.8. The molecule has 3 rings (SSSR count). The van der Waals surface area contributed by atoms with E-state index in [-0.39, 0.29) is 10.3 Å². The molecule has 1 N–H and O–H groups in total. The third-order valence-electron chi connectivity index (χ3n) is 5.02. The summed E-state index contributed by atoms with van der Waals surface area (Å²) in [6, 6.07) is 14.8. The summed E-state index contributed by atoms with van der Waals surface area (Å²) in [6.07, 6.45) is 0. The maximum atomic E-state index is 12.9. The fourth-order valence-corrected chi connectivity index (χ4v) is 4.30. The number of para-hydroxylation sites is 2. The maximum absolute atomic E-state index is 12.9. The van der Waals surface area contributed by atoms with Crippen LogP contribution in [0.2, 0.25) is 0 Å². The normalized spacial score (nSPS) is 16.4. The molecular weight excluding hydrogens is 358 g/mol. The van der Waals surface area contributed by atoms with Crippen LogP contribution >= 0.6 is 0 Å². The number of likely N-dealkylation sites (N-methyl/N-ethyl adjacent to an activating group) is 1. The van der Waals surface area contributed by atoms with Crippen molar-refractivity contribution in [1.29, 1.82) is 0 Å². The van der Waals surface area contributed by atoms with Crippen molar-refractivity contribution in [1.82, 2.24) is 4.90 Å². The van der Waals surface area contributed by atoms with Crippen LogP contribution in [-0.4, -0.2) is 46.5 Å². The van der Waals surface area contributed by atoms with Crippen molar-refractivity contribution < 1.29 is 8.42 Å². The van der Waals surface area contributed by atoms with Crippen LogP contribution in [0.4, 0.5) is 11.4 Å². The van der Waals surface area contributed by atoms with Crippen LogP contribution in [0.25, 0.3) is 0 Å². The van der Waals surface area contributed by atoms with E-state index in [2.05, 4.69) is 42.3 Å². The Balaban J connectivity index is 1.84. The highest BCUT2D eigenvalue weighted by Gasteiger charge is 2.21. The van der Waals surface area contributed by atoms with Gasteiger partial charge < -0.3 is 9.80 Å². The lowest BCUT2D eigenvalue weighted by atomic mass is 9.87. The summed E-state index contributed by atoms with van der Waals surface area (Å²) in [5.74, 6) is 0. The largest absolute Gasteiger partial charge is 0.367 e. The predicted molar refractivity (Wildman–Crippen MR) is 112 cm³/mol. The Hall–Kier alpha value is -2.05. The third kappa shape index (κ3) is 4.62. The van der Waals surface area contributed by atoms with E-state index in [1.807, 2.05) is 36.4 Å². The van der Waals surface area contributed by atoms with Gasteiger partial charge in [0.05, 0.1) is 16.3 Å². The van der Waals surface area contributed by atoms with Gasteiger partial charge in [-0.25, -0.2) is 8.42 Å². The molecule has 0 saturated carbocycles. The van der Waals surface area contributed by atoms with Gasteiger partial charge in [0, 0.05) is 26.2 Å². The number of nitrogens with zero attached hydrogens (tertiary/aromatic N) is 2. The molecule has 27 heavy (non-hydrogen) atoms. The van der Waals surface area contributed by atoms with E-state index in [9.17, 15) is 8.42 Å². The molecular formula is C21H29N3O2S. The summed E-state index contributed by atoms with van der Waals surface area (Å²) < 4.78 is 28.6. The number of benzene rings is 2. The molecule has 1 aliphatic rings. The van der Waals surface area contributed by atoms with Crippen LogP contribution in [0.5, 0.6) is 0 Å². The van der Waals surface area contributed by atoms with Gasteiger partial charge in [-0.15, -0.1) is 0 Å². The molecule has 0 atom stereocenters. The summed E-state index contributed by atoms with van der Waals surface area (Å²) in [4.78, 5) is 4.80. The molecule has 0 spiro atoms. The lowest BCUT2D eigenvalue weighted by molar-refractivity contribution is 0.313. The minimum atomic E-state index is -3.63. The zero-order valence-electron chi connectivity index (χ0n) is 16.6. The van der Waals surface area contributed by atoms with Gasteiger partial charge in [-0.3, -0.25) is 4.72 Å². The standard InChI is InChI=1S/C21H29N3O2S/c1-21(2,3)17-9-11-18(12-10-17)27(25,26)22-19-7-5-6-8-20(19)24-15-13-23(4)14-16-24/h5-12,22H,13-16H2,1-4H3. The minimum Gasteiger partial charge on any atom is -0.367 e. The van der Waals surface area contributed by atoms with E-state index >= 15 is 0 Å². The molecule has 1 saturated heterocycles. The van der Waals surface area contributed by atoms with Crippen LogP contribution in [0.15, 0.2) is 53.4 Å². The molecule has 1 heterocycles. The second kappa shape index (κ2) is 7.52. The summed E-state index contributed by atoms with van der Waals surface area (Å²) in [5.41, 5.74) is 2.66. The molecule has 0 radical (unpaired) electrons. The average molecular weight is 388 g/mol. The Morgan fingerprint density at radius 3 is 2.07 bits per heavy atom. The van der Waals surface area contributed by atoms with Gasteiger partial charge in [0.1, 0.15) is 0 Å². The van der Waals surface area contributed by atoms with Gasteiger partial charge in [-0.05, 0) is 42.3 Å². The SMILES string of the molecule is CN1CCN(c2ccccc2NS(=O)(=O)c2ccc(C(C)(C)C)cc2)CC1. The lowest BCUT2D eigenvalue weighted by Gasteiger charge is -2.35. The predicted octanol–water partition coefficient (Wildman–Crippen LogP) is 3.54. The van der Waals surface area contributed by atoms with E-state index in [0.29, 0.717) is 5.69 Å². The van der Waals surface area contributed by atoms with Crippen LogP contribution in [0.1, 0.15) is 26.3 Å².